The van der Waals surface area contributed by atoms with Crippen LogP contribution in [-0.2, 0) is 16.1 Å². The molecular formula is C26H16Cl3N3O3. The maximum Gasteiger partial charge on any atom is 0.335 e. The lowest BCUT2D eigenvalue weighted by molar-refractivity contribution is -0.122. The molecule has 9 heteroatoms. The van der Waals surface area contributed by atoms with Crippen molar-refractivity contribution in [3.8, 4) is 0 Å². The molecule has 0 saturated carbocycles. The highest BCUT2D eigenvalue weighted by Crippen LogP contribution is 2.30. The fourth-order valence-corrected chi connectivity index (χ4v) is 4.66. The van der Waals surface area contributed by atoms with E-state index in [0.29, 0.717) is 32.9 Å². The third-order valence-corrected chi connectivity index (χ3v) is 6.66. The van der Waals surface area contributed by atoms with Crippen molar-refractivity contribution in [3.05, 3.63) is 105 Å². The number of carbonyl (C=O) groups excluding carboxylic acids is 3. The summed E-state index contributed by atoms with van der Waals surface area (Å²) in [5, 5.41) is 4.58. The van der Waals surface area contributed by atoms with Crippen molar-refractivity contribution < 1.29 is 14.4 Å². The molecule has 0 unspecified atom stereocenters. The van der Waals surface area contributed by atoms with Gasteiger partial charge in [0.2, 0.25) is 0 Å². The quantitative estimate of drug-likeness (QED) is 0.251. The maximum atomic E-state index is 13.3. The molecule has 0 aliphatic carbocycles. The molecule has 1 aliphatic heterocycles. The monoisotopic (exact) mass is 523 g/mol. The van der Waals surface area contributed by atoms with E-state index in [0.717, 1.165) is 21.4 Å². The number of halogens is 3. The Kier molecular flexibility index (Phi) is 6.11. The Morgan fingerprint density at radius 1 is 0.829 bits per heavy atom. The van der Waals surface area contributed by atoms with E-state index in [1.807, 2.05) is 35.0 Å². The number of barbiturate groups is 1. The number of para-hydroxylation sites is 1. The molecule has 0 spiro atoms. The van der Waals surface area contributed by atoms with Gasteiger partial charge in [-0.15, -0.1) is 0 Å². The zero-order chi connectivity index (χ0) is 24.7. The predicted octanol–water partition coefficient (Wildman–Crippen LogP) is 6.32. The molecule has 2 heterocycles. The Morgan fingerprint density at radius 3 is 2.23 bits per heavy atom. The van der Waals surface area contributed by atoms with Gasteiger partial charge in [-0.1, -0.05) is 59.1 Å². The number of aromatic nitrogens is 1. The summed E-state index contributed by atoms with van der Waals surface area (Å²) in [6.45, 7) is 0.387. The van der Waals surface area contributed by atoms with Crippen LogP contribution in [-0.4, -0.2) is 22.4 Å². The molecule has 3 aromatic carbocycles. The van der Waals surface area contributed by atoms with E-state index < -0.39 is 17.8 Å². The second-order valence-electron chi connectivity index (χ2n) is 7.86. The molecule has 1 saturated heterocycles. The molecule has 4 aromatic rings. The lowest BCUT2D eigenvalue weighted by Crippen LogP contribution is -2.54. The summed E-state index contributed by atoms with van der Waals surface area (Å²) in [6.07, 6.45) is 3.31. The standard InChI is InChI=1S/C26H16Cl3N3O3/c27-16-8-10-17(11-9-16)32-25(34)19(24(33)30-26(32)35)12-15-13-31(23-7-2-1-4-18(15)23)14-20-21(28)5-3-6-22(20)29/h1-13H,14H2,(H,30,33,35)/b19-12+. The first-order valence-corrected chi connectivity index (χ1v) is 11.6. The molecule has 0 bridgehead atoms. The van der Waals surface area contributed by atoms with Crippen molar-refractivity contribution >= 4 is 75.3 Å². The van der Waals surface area contributed by atoms with E-state index in [4.69, 9.17) is 34.8 Å². The smallest absolute Gasteiger partial charge is 0.335 e. The molecule has 174 valence electrons. The first-order valence-electron chi connectivity index (χ1n) is 10.5. The van der Waals surface area contributed by atoms with Crippen LogP contribution in [0.4, 0.5) is 10.5 Å². The Balaban J connectivity index is 1.58. The number of benzene rings is 3. The topological polar surface area (TPSA) is 71.4 Å². The zero-order valence-electron chi connectivity index (χ0n) is 18.0. The number of imide groups is 2. The minimum atomic E-state index is -0.824. The van der Waals surface area contributed by atoms with Gasteiger partial charge in [0.25, 0.3) is 11.8 Å². The van der Waals surface area contributed by atoms with E-state index in [1.165, 1.54) is 18.2 Å². The molecule has 1 aromatic heterocycles. The third kappa shape index (κ3) is 4.32. The van der Waals surface area contributed by atoms with Gasteiger partial charge >= 0.3 is 6.03 Å². The average molecular weight is 525 g/mol. The van der Waals surface area contributed by atoms with Gasteiger partial charge in [-0.2, -0.15) is 0 Å². The molecule has 1 N–H and O–H groups in total. The highest BCUT2D eigenvalue weighted by atomic mass is 35.5. The number of rotatable bonds is 4. The Labute approximate surface area is 215 Å². The second-order valence-corrected chi connectivity index (χ2v) is 9.11. The summed E-state index contributed by atoms with van der Waals surface area (Å²) in [6, 6.07) is 18.2. The van der Waals surface area contributed by atoms with Crippen molar-refractivity contribution in [2.75, 3.05) is 4.90 Å². The number of amides is 4. The summed E-state index contributed by atoms with van der Waals surface area (Å²) >= 11 is 18.7. The van der Waals surface area contributed by atoms with Crippen LogP contribution in [0.1, 0.15) is 11.1 Å². The highest BCUT2D eigenvalue weighted by molar-refractivity contribution is 6.39. The summed E-state index contributed by atoms with van der Waals surface area (Å²) < 4.78 is 1.95. The van der Waals surface area contributed by atoms with Crippen LogP contribution in [0, 0.1) is 0 Å². The van der Waals surface area contributed by atoms with Crippen LogP contribution in [0.2, 0.25) is 15.1 Å². The highest BCUT2D eigenvalue weighted by Gasteiger charge is 2.37. The van der Waals surface area contributed by atoms with Gasteiger partial charge in [0.1, 0.15) is 5.57 Å². The van der Waals surface area contributed by atoms with Crippen molar-refractivity contribution in [1.29, 1.82) is 0 Å². The van der Waals surface area contributed by atoms with E-state index in [1.54, 1.807) is 30.3 Å². The molecule has 0 radical (unpaired) electrons. The molecule has 6 nitrogen and oxygen atoms in total. The average Bonchev–Trinajstić information content (AvgIpc) is 3.17. The molecule has 1 fully saturated rings. The number of carbonyl (C=O) groups is 3. The number of hydrogen-bond donors (Lipinski definition) is 1. The number of nitrogens with zero attached hydrogens (tertiary/aromatic N) is 2. The van der Waals surface area contributed by atoms with E-state index in [-0.39, 0.29) is 5.57 Å². The molecule has 1 aliphatic rings. The number of hydrogen-bond acceptors (Lipinski definition) is 3. The van der Waals surface area contributed by atoms with Crippen molar-refractivity contribution in [2.24, 2.45) is 0 Å². The SMILES string of the molecule is O=C1NC(=O)N(c2ccc(Cl)cc2)C(=O)/C1=C/c1cn(Cc2c(Cl)cccc2Cl)c2ccccc12. The predicted molar refractivity (Wildman–Crippen MR) is 138 cm³/mol. The summed E-state index contributed by atoms with van der Waals surface area (Å²) in [4.78, 5) is 39.3. The second kappa shape index (κ2) is 9.23. The molecule has 0 atom stereocenters. The third-order valence-electron chi connectivity index (χ3n) is 5.70. The van der Waals surface area contributed by atoms with E-state index in [9.17, 15) is 14.4 Å². The zero-order valence-corrected chi connectivity index (χ0v) is 20.2. The van der Waals surface area contributed by atoms with Gasteiger partial charge in [0, 0.05) is 43.3 Å². The summed E-state index contributed by atoms with van der Waals surface area (Å²) in [5.41, 5.74) is 2.38. The van der Waals surface area contributed by atoms with Crippen LogP contribution in [0.15, 0.2) is 78.5 Å². The summed E-state index contributed by atoms with van der Waals surface area (Å²) in [5.74, 6) is -1.50. The van der Waals surface area contributed by atoms with Gasteiger partial charge < -0.3 is 4.57 Å². The summed E-state index contributed by atoms with van der Waals surface area (Å²) in [7, 11) is 0. The molecule has 35 heavy (non-hydrogen) atoms. The first-order chi connectivity index (χ1) is 16.8. The Hall–Kier alpha value is -3.58. The first kappa shape index (κ1) is 23.2. The lowest BCUT2D eigenvalue weighted by Gasteiger charge is -2.26. The van der Waals surface area contributed by atoms with Gasteiger partial charge in [-0.25, -0.2) is 9.69 Å². The van der Waals surface area contributed by atoms with Crippen LogP contribution in [0.5, 0.6) is 0 Å². The molecule has 4 amide bonds. The number of nitrogens with one attached hydrogen (secondary N) is 1. The fourth-order valence-electron chi connectivity index (χ4n) is 4.01. The van der Waals surface area contributed by atoms with Crippen LogP contribution < -0.4 is 10.2 Å². The number of urea groups is 1. The van der Waals surface area contributed by atoms with Crippen LogP contribution in [0.3, 0.4) is 0 Å². The van der Waals surface area contributed by atoms with Crippen molar-refractivity contribution in [1.82, 2.24) is 9.88 Å². The van der Waals surface area contributed by atoms with Crippen LogP contribution in [0.25, 0.3) is 17.0 Å². The van der Waals surface area contributed by atoms with E-state index >= 15 is 0 Å². The van der Waals surface area contributed by atoms with E-state index in [2.05, 4.69) is 5.32 Å². The van der Waals surface area contributed by atoms with Crippen molar-refractivity contribution in [2.45, 2.75) is 6.54 Å². The Bertz CT molecular complexity index is 1520. The molecule has 5 rings (SSSR count). The van der Waals surface area contributed by atoms with Gasteiger partial charge in [-0.3, -0.25) is 14.9 Å². The number of fused-ring (bicyclic) bond motifs is 1. The maximum absolute atomic E-state index is 13.3. The fraction of sp³-hybridized carbons (Fsp3) is 0.0385. The molecular weight excluding hydrogens is 509 g/mol. The van der Waals surface area contributed by atoms with Gasteiger partial charge in [0.05, 0.1) is 12.2 Å². The van der Waals surface area contributed by atoms with Crippen LogP contribution >= 0.6 is 34.8 Å². The van der Waals surface area contributed by atoms with Gasteiger partial charge in [0.15, 0.2) is 0 Å². The normalized spacial score (nSPS) is 15.2. The largest absolute Gasteiger partial charge is 0.342 e. The Morgan fingerprint density at radius 2 is 1.51 bits per heavy atom. The number of anilines is 1. The minimum Gasteiger partial charge on any atom is -0.342 e. The van der Waals surface area contributed by atoms with Crippen molar-refractivity contribution in [3.63, 3.8) is 0 Å². The minimum absolute atomic E-state index is 0.168. The lowest BCUT2D eigenvalue weighted by atomic mass is 10.1. The van der Waals surface area contributed by atoms with Gasteiger partial charge in [-0.05, 0) is 48.5 Å².